The molecule has 2 aliphatic heterocycles. The minimum Gasteiger partial charge on any atom is -0.444 e. The number of halogens is 2. The maximum Gasteiger partial charge on any atom is 0.410 e. The summed E-state index contributed by atoms with van der Waals surface area (Å²) in [6, 6.07) is 0.0277. The second-order valence-electron chi connectivity index (χ2n) is 8.46. The third kappa shape index (κ3) is 6.22. The fraction of sp³-hybridized carbons (Fsp3) is 0.667. The summed E-state index contributed by atoms with van der Waals surface area (Å²) in [6.45, 7) is 17.2. The number of carbonyl (C=O) groups is 1. The van der Waals surface area contributed by atoms with E-state index in [9.17, 15) is 9.18 Å². The fourth-order valence-corrected chi connectivity index (χ4v) is 4.69. The van der Waals surface area contributed by atoms with E-state index in [0.717, 1.165) is 12.2 Å². The smallest absolute Gasteiger partial charge is 0.410 e. The van der Waals surface area contributed by atoms with Gasteiger partial charge >= 0.3 is 6.09 Å². The van der Waals surface area contributed by atoms with E-state index in [0.29, 0.717) is 48.1 Å². The molecule has 0 bridgehead atoms. The number of hydrogen-bond donors (Lipinski definition) is 0. The van der Waals surface area contributed by atoms with Gasteiger partial charge in [0.2, 0.25) is 0 Å². The molecule has 1 amide bonds. The zero-order valence-electron chi connectivity index (χ0n) is 21.5. The summed E-state index contributed by atoms with van der Waals surface area (Å²) in [5, 5.41) is 0.984. The molecule has 0 N–H and O–H groups in total. The first-order valence-corrected chi connectivity index (χ1v) is 13.5. The Balaban J connectivity index is 0.000000970. The van der Waals surface area contributed by atoms with Crippen LogP contribution >= 0.6 is 23.4 Å². The van der Waals surface area contributed by atoms with Gasteiger partial charge in [0.15, 0.2) is 16.1 Å². The van der Waals surface area contributed by atoms with E-state index in [-0.39, 0.29) is 22.8 Å². The predicted octanol–water partition coefficient (Wildman–Crippen LogP) is 6.35. The summed E-state index contributed by atoms with van der Waals surface area (Å²) in [5.41, 5.74) is 0.385. The summed E-state index contributed by atoms with van der Waals surface area (Å²) < 4.78 is 20.4. The van der Waals surface area contributed by atoms with E-state index >= 15 is 0 Å². The molecule has 34 heavy (non-hydrogen) atoms. The van der Waals surface area contributed by atoms with E-state index in [1.165, 1.54) is 11.8 Å². The fourth-order valence-electron chi connectivity index (χ4n) is 3.93. The van der Waals surface area contributed by atoms with Gasteiger partial charge in [-0.1, -0.05) is 58.0 Å². The normalized spacial score (nSPS) is 17.1. The summed E-state index contributed by atoms with van der Waals surface area (Å²) in [4.78, 5) is 30.0. The zero-order chi connectivity index (χ0) is 25.6. The molecule has 1 saturated heterocycles. The number of rotatable bonds is 2. The molecule has 1 unspecified atom stereocenters. The van der Waals surface area contributed by atoms with Crippen LogP contribution < -0.4 is 4.90 Å². The molecule has 1 fully saturated rings. The van der Waals surface area contributed by atoms with Gasteiger partial charge in [-0.2, -0.15) is 0 Å². The number of nitrogens with zero attached hydrogens (tertiary/aromatic N) is 5. The van der Waals surface area contributed by atoms with Crippen molar-refractivity contribution >= 4 is 46.2 Å². The molecule has 4 rings (SSSR count). The second-order valence-corrected chi connectivity index (χ2v) is 10.1. The first kappa shape index (κ1) is 28.4. The number of pyridine rings is 1. The Labute approximate surface area is 211 Å². The third-order valence-electron chi connectivity index (χ3n) is 5.17. The van der Waals surface area contributed by atoms with E-state index in [4.69, 9.17) is 21.3 Å². The van der Waals surface area contributed by atoms with Crippen LogP contribution in [0, 0.1) is 5.82 Å². The first-order chi connectivity index (χ1) is 16.2. The molecule has 10 heteroatoms. The zero-order valence-corrected chi connectivity index (χ0v) is 23.1. The van der Waals surface area contributed by atoms with Gasteiger partial charge in [-0.05, 0) is 39.4 Å². The van der Waals surface area contributed by atoms with Gasteiger partial charge in [0.05, 0.1) is 11.1 Å². The van der Waals surface area contributed by atoms with Crippen LogP contribution in [0.25, 0.3) is 10.9 Å². The molecule has 190 valence electrons. The SMILES string of the molecule is CC.CC.CCSc1nc2c3c(nc(Cl)c(F)c3n1)CCC1CN(C(=O)OC(C)(C)C)CCN21. The average Bonchev–Trinajstić information content (AvgIpc) is 2.96. The molecule has 2 aliphatic rings. The summed E-state index contributed by atoms with van der Waals surface area (Å²) >= 11 is 7.53. The second kappa shape index (κ2) is 12.2. The summed E-state index contributed by atoms with van der Waals surface area (Å²) in [6.07, 6.45) is 1.04. The molecule has 7 nitrogen and oxygen atoms in total. The van der Waals surface area contributed by atoms with Crippen molar-refractivity contribution in [1.29, 1.82) is 0 Å². The molecule has 2 aromatic heterocycles. The Hall–Kier alpha value is -1.87. The Morgan fingerprint density at radius 3 is 2.47 bits per heavy atom. The minimum atomic E-state index is -0.608. The maximum atomic E-state index is 14.8. The number of hydrogen-bond acceptors (Lipinski definition) is 7. The van der Waals surface area contributed by atoms with Gasteiger partial charge in [-0.25, -0.2) is 24.1 Å². The van der Waals surface area contributed by atoms with Crippen molar-refractivity contribution in [2.75, 3.05) is 30.3 Å². The Morgan fingerprint density at radius 1 is 1.18 bits per heavy atom. The highest BCUT2D eigenvalue weighted by Gasteiger charge is 2.36. The largest absolute Gasteiger partial charge is 0.444 e. The summed E-state index contributed by atoms with van der Waals surface area (Å²) in [5.74, 6) is 0.844. The van der Waals surface area contributed by atoms with Crippen LogP contribution in [0.1, 0.15) is 67.5 Å². The van der Waals surface area contributed by atoms with Crippen molar-refractivity contribution in [1.82, 2.24) is 19.9 Å². The molecular formula is C24H37ClFN5O2S. The molecular weight excluding hydrogens is 477 g/mol. The predicted molar refractivity (Wildman–Crippen MR) is 139 cm³/mol. The van der Waals surface area contributed by atoms with Crippen molar-refractivity contribution in [3.63, 3.8) is 0 Å². The number of ether oxygens (including phenoxy) is 1. The van der Waals surface area contributed by atoms with E-state index in [2.05, 4.69) is 14.9 Å². The number of piperazine rings is 1. The van der Waals surface area contributed by atoms with E-state index in [1.54, 1.807) is 4.90 Å². The van der Waals surface area contributed by atoms with Gasteiger partial charge < -0.3 is 14.5 Å². The number of thioether (sulfide) groups is 1. The van der Waals surface area contributed by atoms with Crippen molar-refractivity contribution in [3.05, 3.63) is 16.7 Å². The lowest BCUT2D eigenvalue weighted by molar-refractivity contribution is 0.0212. The van der Waals surface area contributed by atoms with Crippen LogP contribution in [-0.2, 0) is 11.2 Å². The van der Waals surface area contributed by atoms with Crippen molar-refractivity contribution in [2.24, 2.45) is 0 Å². The van der Waals surface area contributed by atoms with E-state index in [1.807, 2.05) is 55.4 Å². The molecule has 1 atom stereocenters. The monoisotopic (exact) mass is 513 g/mol. The standard InChI is InChI=1S/C20H25ClFN5O2S.2C2H6/c1-5-30-18-24-15-13-12(23-16(21)14(15)22)7-6-11-10-26(19(28)29-20(2,3)4)8-9-27(11)17(13)25-18;2*1-2/h11H,5-10H2,1-4H3;2*1-2H3. The number of carbonyl (C=O) groups excluding carboxylic acids is 1. The maximum absolute atomic E-state index is 14.8. The molecule has 0 saturated carbocycles. The van der Waals surface area contributed by atoms with Gasteiger partial charge in [0.25, 0.3) is 0 Å². The lowest BCUT2D eigenvalue weighted by atomic mass is 10.1. The number of fused-ring (bicyclic) bond motifs is 2. The average molecular weight is 514 g/mol. The van der Waals surface area contributed by atoms with Crippen LogP contribution in [0.3, 0.4) is 0 Å². The lowest BCUT2D eigenvalue weighted by Gasteiger charge is -2.41. The van der Waals surface area contributed by atoms with Crippen LogP contribution in [-0.4, -0.2) is 63.0 Å². The number of aromatic nitrogens is 3. The number of aryl methyl sites for hydroxylation is 1. The molecule has 0 spiro atoms. The van der Waals surface area contributed by atoms with Crippen LogP contribution in [0.15, 0.2) is 5.16 Å². The molecule has 0 aromatic carbocycles. The summed E-state index contributed by atoms with van der Waals surface area (Å²) in [7, 11) is 0. The highest BCUT2D eigenvalue weighted by molar-refractivity contribution is 7.99. The van der Waals surface area contributed by atoms with Gasteiger partial charge in [-0.15, -0.1) is 0 Å². The third-order valence-corrected chi connectivity index (χ3v) is 6.15. The Bertz CT molecular complexity index is 1000. The minimum absolute atomic E-state index is 0.0277. The van der Waals surface area contributed by atoms with Crippen molar-refractivity contribution in [2.45, 2.75) is 85.0 Å². The molecule has 4 heterocycles. The number of amides is 1. The molecule has 2 aromatic rings. The highest BCUT2D eigenvalue weighted by atomic mass is 35.5. The van der Waals surface area contributed by atoms with Crippen molar-refractivity contribution < 1.29 is 13.9 Å². The first-order valence-electron chi connectivity index (χ1n) is 12.1. The molecule has 0 aliphatic carbocycles. The Morgan fingerprint density at radius 2 is 1.85 bits per heavy atom. The molecule has 0 radical (unpaired) electrons. The van der Waals surface area contributed by atoms with Crippen LogP contribution in [0.4, 0.5) is 15.0 Å². The van der Waals surface area contributed by atoms with E-state index < -0.39 is 11.4 Å². The highest BCUT2D eigenvalue weighted by Crippen LogP contribution is 2.38. The van der Waals surface area contributed by atoms with Crippen LogP contribution in [0.5, 0.6) is 0 Å². The Kier molecular flexibility index (Phi) is 10.2. The van der Waals surface area contributed by atoms with Gasteiger partial charge in [0.1, 0.15) is 16.9 Å². The van der Waals surface area contributed by atoms with Gasteiger partial charge in [-0.3, -0.25) is 0 Å². The quantitative estimate of drug-likeness (QED) is 0.263. The lowest BCUT2D eigenvalue weighted by Crippen LogP contribution is -2.55. The van der Waals surface area contributed by atoms with Gasteiger partial charge in [0, 0.05) is 25.7 Å². The number of anilines is 1. The topological polar surface area (TPSA) is 71.5 Å². The van der Waals surface area contributed by atoms with Crippen LogP contribution in [0.2, 0.25) is 5.15 Å². The van der Waals surface area contributed by atoms with Crippen molar-refractivity contribution in [3.8, 4) is 0 Å².